The number of rotatable bonds is 8. The average Bonchev–Trinajstić information content (AvgIpc) is 3.50. The van der Waals surface area contributed by atoms with Crippen molar-refractivity contribution in [1.29, 1.82) is 0 Å². The smallest absolute Gasteiger partial charge is 0.316 e. The van der Waals surface area contributed by atoms with E-state index in [1.54, 1.807) is 19.4 Å². The third kappa shape index (κ3) is 5.71. The largest absolute Gasteiger partial charge is 0.461 e. The van der Waals surface area contributed by atoms with Crippen LogP contribution in [0.5, 0.6) is 0 Å². The predicted octanol–water partition coefficient (Wildman–Crippen LogP) is 7.00. The lowest BCUT2D eigenvalue weighted by molar-refractivity contribution is -0.146. The normalized spacial score (nSPS) is 34.7. The fraction of sp³-hybridized carbons (Fsp3) is 0.733. The number of alkyl halides is 1. The molecule has 0 aliphatic heterocycles. The zero-order valence-corrected chi connectivity index (χ0v) is 23.4. The summed E-state index contributed by atoms with van der Waals surface area (Å²) in [6.07, 6.45) is 17.1. The van der Waals surface area contributed by atoms with Gasteiger partial charge in [0, 0.05) is 12.8 Å². The molecule has 0 heterocycles. The van der Waals surface area contributed by atoms with Gasteiger partial charge in [-0.1, -0.05) is 52.7 Å². The lowest BCUT2D eigenvalue weighted by Crippen LogP contribution is -2.38. The van der Waals surface area contributed by atoms with Crippen molar-refractivity contribution in [3.05, 3.63) is 35.5 Å². The Morgan fingerprint density at radius 3 is 2.57 bits per heavy atom. The lowest BCUT2D eigenvalue weighted by atomic mass is 9.59. The molecule has 0 aromatic rings. The van der Waals surface area contributed by atoms with Crippen LogP contribution in [-0.2, 0) is 14.3 Å². The van der Waals surface area contributed by atoms with Crippen molar-refractivity contribution in [2.75, 3.05) is 5.33 Å². The van der Waals surface area contributed by atoms with Gasteiger partial charge in [-0.25, -0.2) is 0 Å². The minimum Gasteiger partial charge on any atom is -0.461 e. The van der Waals surface area contributed by atoms with Gasteiger partial charge < -0.3 is 9.84 Å². The number of carbonyl (C=O) groups is 2. The molecular weight excluding hydrogens is 504 g/mol. The molecule has 5 heteroatoms. The van der Waals surface area contributed by atoms with E-state index in [0.717, 1.165) is 32.1 Å². The molecule has 0 aromatic heterocycles. The first-order chi connectivity index (χ1) is 16.5. The maximum atomic E-state index is 12.4. The summed E-state index contributed by atoms with van der Waals surface area (Å²) in [5, 5.41) is 10.3. The highest BCUT2D eigenvalue weighted by atomic mass is 79.9. The molecule has 0 spiro atoms. The van der Waals surface area contributed by atoms with E-state index in [1.807, 2.05) is 0 Å². The molecule has 4 atom stereocenters. The molecule has 2 unspecified atom stereocenters. The van der Waals surface area contributed by atoms with E-state index in [9.17, 15) is 14.7 Å². The molecule has 4 aliphatic carbocycles. The van der Waals surface area contributed by atoms with Gasteiger partial charge in [0.25, 0.3) is 0 Å². The third-order valence-corrected chi connectivity index (χ3v) is 10.2. The van der Waals surface area contributed by atoms with E-state index in [4.69, 9.17) is 4.74 Å². The molecule has 4 saturated carbocycles. The topological polar surface area (TPSA) is 63.6 Å². The SMILES string of the molecule is C=C1CC[C@H](OC(=O)CBr)C/C1=C/C=C1\CCCC2(C)C1CC[C@@H]2C1(CCC(=O)C(C)(C)O)CC1. The maximum absolute atomic E-state index is 12.4. The van der Waals surface area contributed by atoms with Crippen molar-refractivity contribution in [1.82, 2.24) is 0 Å². The number of carbonyl (C=O) groups excluding carboxylic acids is 2. The Morgan fingerprint density at radius 1 is 1.17 bits per heavy atom. The molecule has 0 radical (unpaired) electrons. The summed E-state index contributed by atoms with van der Waals surface area (Å²) in [5.74, 6) is 1.06. The summed E-state index contributed by atoms with van der Waals surface area (Å²) in [7, 11) is 0. The molecule has 0 aromatic carbocycles. The molecule has 0 saturated heterocycles. The van der Waals surface area contributed by atoms with E-state index < -0.39 is 5.60 Å². The molecule has 0 amide bonds. The van der Waals surface area contributed by atoms with Gasteiger partial charge in [-0.05, 0) is 106 Å². The monoisotopic (exact) mass is 546 g/mol. The van der Waals surface area contributed by atoms with Gasteiger partial charge in [0.2, 0.25) is 0 Å². The molecule has 4 rings (SSSR count). The van der Waals surface area contributed by atoms with Crippen molar-refractivity contribution in [2.45, 2.75) is 110 Å². The van der Waals surface area contributed by atoms with Gasteiger partial charge in [0.1, 0.15) is 17.0 Å². The van der Waals surface area contributed by atoms with Gasteiger partial charge in [-0.15, -0.1) is 0 Å². The maximum Gasteiger partial charge on any atom is 0.316 e. The summed E-state index contributed by atoms with van der Waals surface area (Å²) in [6, 6.07) is 0. The second-order valence-electron chi connectivity index (χ2n) is 12.4. The summed E-state index contributed by atoms with van der Waals surface area (Å²) in [5.41, 5.74) is 3.35. The molecule has 194 valence electrons. The number of ketones is 1. The summed E-state index contributed by atoms with van der Waals surface area (Å²) in [4.78, 5) is 24.2. The Kier molecular flexibility index (Phi) is 7.89. The van der Waals surface area contributed by atoms with E-state index in [-0.39, 0.29) is 23.2 Å². The molecule has 1 N–H and O–H groups in total. The van der Waals surface area contributed by atoms with E-state index >= 15 is 0 Å². The lowest BCUT2D eigenvalue weighted by Gasteiger charge is -2.45. The Labute approximate surface area is 219 Å². The van der Waals surface area contributed by atoms with Gasteiger partial charge in [-0.3, -0.25) is 9.59 Å². The number of ether oxygens (including phenoxy) is 1. The number of hydrogen-bond acceptors (Lipinski definition) is 4. The van der Waals surface area contributed by atoms with Gasteiger partial charge >= 0.3 is 5.97 Å². The second-order valence-corrected chi connectivity index (χ2v) is 13.0. The Bertz CT molecular complexity index is 919. The molecular formula is C30H43BrO4. The van der Waals surface area contributed by atoms with Gasteiger partial charge in [-0.2, -0.15) is 0 Å². The van der Waals surface area contributed by atoms with Crippen LogP contribution >= 0.6 is 15.9 Å². The standard InChI is InChI=1S/C30H43BrO4/c1-20-7-10-23(35-27(33)19-31)18-22(20)9-8-21-6-5-14-29(4)24(21)11-12-25(29)30(16-17-30)15-13-26(32)28(2,3)34/h8-9,23-25,34H,1,5-7,10-19H2,2-4H3/b21-8+,22-9-/t23-,24?,25-,29?/m0/s1. The van der Waals surface area contributed by atoms with Crippen LogP contribution in [0.1, 0.15) is 97.8 Å². The zero-order chi connectivity index (χ0) is 25.4. The average molecular weight is 548 g/mol. The summed E-state index contributed by atoms with van der Waals surface area (Å²) < 4.78 is 5.59. The van der Waals surface area contributed by atoms with Crippen molar-refractivity contribution in [3.63, 3.8) is 0 Å². The summed E-state index contributed by atoms with van der Waals surface area (Å²) >= 11 is 3.19. The van der Waals surface area contributed by atoms with Crippen molar-refractivity contribution >= 4 is 27.7 Å². The third-order valence-electron chi connectivity index (χ3n) is 9.70. The van der Waals surface area contributed by atoms with Crippen LogP contribution in [0.15, 0.2) is 35.5 Å². The number of allylic oxidation sites excluding steroid dienone is 4. The Balaban J connectivity index is 1.46. The van der Waals surface area contributed by atoms with Crippen molar-refractivity contribution in [3.8, 4) is 0 Å². The van der Waals surface area contributed by atoms with Crippen LogP contribution < -0.4 is 0 Å². The first-order valence-electron chi connectivity index (χ1n) is 13.6. The number of esters is 1. The van der Waals surface area contributed by atoms with Crippen molar-refractivity contribution in [2.24, 2.45) is 22.7 Å². The first kappa shape index (κ1) is 26.9. The number of aliphatic hydroxyl groups is 1. The highest BCUT2D eigenvalue weighted by Crippen LogP contribution is 2.70. The zero-order valence-electron chi connectivity index (χ0n) is 21.8. The molecule has 35 heavy (non-hydrogen) atoms. The number of hydrogen-bond donors (Lipinski definition) is 1. The van der Waals surface area contributed by atoms with Crippen molar-refractivity contribution < 1.29 is 19.4 Å². The minimum absolute atomic E-state index is 0.0212. The van der Waals surface area contributed by atoms with Crippen LogP contribution in [0.25, 0.3) is 0 Å². The number of Topliss-reactive ketones (excluding diaryl/α,β-unsaturated/α-hetero) is 1. The van der Waals surface area contributed by atoms with Gasteiger partial charge in [0.15, 0.2) is 5.78 Å². The molecule has 0 bridgehead atoms. The van der Waals surface area contributed by atoms with E-state index in [1.165, 1.54) is 49.7 Å². The highest BCUT2D eigenvalue weighted by Gasteiger charge is 2.60. The number of fused-ring (bicyclic) bond motifs is 1. The van der Waals surface area contributed by atoms with Crippen LogP contribution in [-0.4, -0.2) is 33.9 Å². The van der Waals surface area contributed by atoms with Crippen LogP contribution in [0, 0.1) is 22.7 Å². The van der Waals surface area contributed by atoms with Crippen LogP contribution in [0.4, 0.5) is 0 Å². The van der Waals surface area contributed by atoms with E-state index in [2.05, 4.69) is 41.6 Å². The predicted molar refractivity (Wildman–Crippen MR) is 143 cm³/mol. The fourth-order valence-electron chi connectivity index (χ4n) is 7.55. The quantitative estimate of drug-likeness (QED) is 0.263. The summed E-state index contributed by atoms with van der Waals surface area (Å²) in [6.45, 7) is 10.0. The second kappa shape index (κ2) is 10.3. The minimum atomic E-state index is -1.22. The van der Waals surface area contributed by atoms with E-state index in [0.29, 0.717) is 29.1 Å². The van der Waals surface area contributed by atoms with Gasteiger partial charge in [0.05, 0.1) is 0 Å². The molecule has 4 nitrogen and oxygen atoms in total. The Morgan fingerprint density at radius 2 is 1.91 bits per heavy atom. The fourth-order valence-corrected chi connectivity index (χ4v) is 7.68. The molecule has 4 fully saturated rings. The molecule has 4 aliphatic rings. The Hall–Kier alpha value is -1.20. The number of halogens is 1. The first-order valence-corrected chi connectivity index (χ1v) is 14.7. The van der Waals surface area contributed by atoms with Crippen LogP contribution in [0.2, 0.25) is 0 Å². The highest BCUT2D eigenvalue weighted by molar-refractivity contribution is 9.09. The van der Waals surface area contributed by atoms with Crippen LogP contribution in [0.3, 0.4) is 0 Å².